The number of allylic oxidation sites excluding steroid dienone is 1. The van der Waals surface area contributed by atoms with E-state index in [1.807, 2.05) is 73.1 Å². The van der Waals surface area contributed by atoms with Crippen molar-refractivity contribution in [1.82, 2.24) is 0 Å². The number of carbonyl (C=O) groups is 1. The van der Waals surface area contributed by atoms with Gasteiger partial charge < -0.3 is 10.4 Å². The fraction of sp³-hybridized carbons (Fsp3) is 0.200. The molecule has 0 aliphatic rings. The van der Waals surface area contributed by atoms with Crippen molar-refractivity contribution in [2.45, 2.75) is 25.7 Å². The van der Waals surface area contributed by atoms with Crippen molar-refractivity contribution in [3.05, 3.63) is 72.4 Å². The normalized spacial score (nSPS) is 11.1. The Bertz CT molecular complexity index is 685. The van der Waals surface area contributed by atoms with Crippen LogP contribution < -0.4 is 5.32 Å². The minimum atomic E-state index is -0.749. The number of hydrogen-bond donors (Lipinski definition) is 2. The van der Waals surface area contributed by atoms with E-state index < -0.39 is 5.97 Å². The van der Waals surface area contributed by atoms with E-state index in [1.165, 1.54) is 0 Å². The van der Waals surface area contributed by atoms with Gasteiger partial charge in [-0.3, -0.25) is 9.79 Å². The first kappa shape index (κ1) is 20.5. The number of benzene rings is 2. The van der Waals surface area contributed by atoms with Crippen molar-refractivity contribution >= 4 is 36.0 Å². The van der Waals surface area contributed by atoms with E-state index in [-0.39, 0.29) is 18.8 Å². The summed E-state index contributed by atoms with van der Waals surface area (Å²) in [5.41, 5.74) is 2.94. The number of aliphatic carboxylic acids is 1. The summed E-state index contributed by atoms with van der Waals surface area (Å²) in [6.45, 7) is 0. The van der Waals surface area contributed by atoms with Crippen LogP contribution in [0.3, 0.4) is 0 Å². The molecule has 4 nitrogen and oxygen atoms in total. The van der Waals surface area contributed by atoms with Gasteiger partial charge in [-0.15, -0.1) is 12.4 Å². The Labute approximate surface area is 154 Å². The standard InChI is InChI=1S/C20H22N2O2.ClH/c23-20(24)14-8-7-9-17(15-21-18-10-3-1-4-11-18)16-22-19-12-5-2-6-13-19;/h1-6,10-13,15-16,21H,7-9,14H2,(H,23,24);1H/b17-15?,22-16+;. The van der Waals surface area contributed by atoms with Gasteiger partial charge in [0.15, 0.2) is 0 Å². The summed E-state index contributed by atoms with van der Waals surface area (Å²) < 4.78 is 0. The second-order valence-corrected chi connectivity index (χ2v) is 5.42. The highest BCUT2D eigenvalue weighted by molar-refractivity contribution is 5.85. The number of halogens is 1. The topological polar surface area (TPSA) is 61.7 Å². The molecule has 0 spiro atoms. The smallest absolute Gasteiger partial charge is 0.303 e. The lowest BCUT2D eigenvalue weighted by molar-refractivity contribution is -0.137. The van der Waals surface area contributed by atoms with Crippen LogP contribution in [0.5, 0.6) is 0 Å². The zero-order valence-corrected chi connectivity index (χ0v) is 14.8. The molecule has 2 aromatic rings. The largest absolute Gasteiger partial charge is 0.481 e. The molecule has 25 heavy (non-hydrogen) atoms. The van der Waals surface area contributed by atoms with E-state index >= 15 is 0 Å². The fourth-order valence-electron chi connectivity index (χ4n) is 2.16. The monoisotopic (exact) mass is 358 g/mol. The molecule has 5 heteroatoms. The third-order valence-electron chi connectivity index (χ3n) is 3.44. The molecule has 0 amide bonds. The van der Waals surface area contributed by atoms with Crippen molar-refractivity contribution in [2.75, 3.05) is 5.32 Å². The van der Waals surface area contributed by atoms with Crippen molar-refractivity contribution in [2.24, 2.45) is 4.99 Å². The summed E-state index contributed by atoms with van der Waals surface area (Å²) in [5.74, 6) is -0.749. The highest BCUT2D eigenvalue weighted by atomic mass is 35.5. The molecule has 2 aromatic carbocycles. The number of nitrogens with one attached hydrogen (secondary N) is 1. The van der Waals surface area contributed by atoms with Crippen LogP contribution in [0, 0.1) is 0 Å². The molecule has 0 heterocycles. The third kappa shape index (κ3) is 8.72. The number of anilines is 1. The van der Waals surface area contributed by atoms with Gasteiger partial charge in [0, 0.05) is 24.5 Å². The van der Waals surface area contributed by atoms with Crippen LogP contribution in [0.15, 0.2) is 77.4 Å². The number of nitrogens with zero attached hydrogens (tertiary/aromatic N) is 1. The number of rotatable bonds is 9. The first-order valence-electron chi connectivity index (χ1n) is 8.05. The summed E-state index contributed by atoms with van der Waals surface area (Å²) in [7, 11) is 0. The predicted molar refractivity (Wildman–Crippen MR) is 106 cm³/mol. The van der Waals surface area contributed by atoms with Gasteiger partial charge >= 0.3 is 5.97 Å². The van der Waals surface area contributed by atoms with Crippen LogP contribution >= 0.6 is 12.4 Å². The maximum atomic E-state index is 10.6. The molecule has 0 saturated carbocycles. The molecule has 0 unspecified atom stereocenters. The van der Waals surface area contributed by atoms with E-state index in [1.54, 1.807) is 0 Å². The van der Waals surface area contributed by atoms with Crippen molar-refractivity contribution in [3.63, 3.8) is 0 Å². The quantitative estimate of drug-likeness (QED) is 0.462. The Morgan fingerprint density at radius 1 is 0.960 bits per heavy atom. The van der Waals surface area contributed by atoms with Crippen LogP contribution in [-0.2, 0) is 4.79 Å². The zero-order chi connectivity index (χ0) is 17.0. The Hall–Kier alpha value is -2.59. The van der Waals surface area contributed by atoms with Crippen LogP contribution in [0.1, 0.15) is 25.7 Å². The SMILES string of the molecule is Cl.O=C(O)CCCCC(=CNc1ccccc1)/C=N/c1ccccc1. The Balaban J connectivity index is 0.00000312. The lowest BCUT2D eigenvalue weighted by Gasteiger charge is -2.05. The van der Waals surface area contributed by atoms with Gasteiger partial charge in [0.1, 0.15) is 0 Å². The van der Waals surface area contributed by atoms with Crippen molar-refractivity contribution < 1.29 is 9.90 Å². The zero-order valence-electron chi connectivity index (χ0n) is 14.0. The lowest BCUT2D eigenvalue weighted by Crippen LogP contribution is -1.96. The molecular formula is C20H23ClN2O2. The Morgan fingerprint density at radius 2 is 1.56 bits per heavy atom. The minimum absolute atomic E-state index is 0. The number of para-hydroxylation sites is 2. The number of carboxylic acids is 1. The number of aliphatic imine (C=N–C) groups is 1. The molecule has 0 aliphatic heterocycles. The van der Waals surface area contributed by atoms with Gasteiger partial charge in [-0.1, -0.05) is 36.4 Å². The van der Waals surface area contributed by atoms with Crippen molar-refractivity contribution in [3.8, 4) is 0 Å². The lowest BCUT2D eigenvalue weighted by atomic mass is 10.1. The summed E-state index contributed by atoms with van der Waals surface area (Å²) in [4.78, 5) is 15.1. The number of hydrogen-bond acceptors (Lipinski definition) is 3. The molecule has 0 atom stereocenters. The fourth-order valence-corrected chi connectivity index (χ4v) is 2.16. The molecule has 2 N–H and O–H groups in total. The maximum Gasteiger partial charge on any atom is 0.303 e. The van der Waals surface area contributed by atoms with Crippen LogP contribution in [-0.4, -0.2) is 17.3 Å². The average Bonchev–Trinajstić information content (AvgIpc) is 2.62. The molecule has 0 fully saturated rings. The van der Waals surface area contributed by atoms with Gasteiger partial charge in [0.2, 0.25) is 0 Å². The number of unbranched alkanes of at least 4 members (excludes halogenated alkanes) is 1. The van der Waals surface area contributed by atoms with E-state index in [2.05, 4.69) is 10.3 Å². The molecule has 132 valence electrons. The van der Waals surface area contributed by atoms with Gasteiger partial charge in [-0.05, 0) is 49.1 Å². The average molecular weight is 359 g/mol. The molecule has 2 rings (SSSR count). The number of carboxylic acid groups (broad SMARTS) is 1. The summed E-state index contributed by atoms with van der Waals surface area (Å²) in [6.07, 6.45) is 6.24. The van der Waals surface area contributed by atoms with E-state index in [0.717, 1.165) is 29.8 Å². The highest BCUT2D eigenvalue weighted by Gasteiger charge is 1.99. The Morgan fingerprint density at radius 3 is 2.20 bits per heavy atom. The van der Waals surface area contributed by atoms with E-state index in [0.29, 0.717) is 6.42 Å². The second-order valence-electron chi connectivity index (χ2n) is 5.42. The highest BCUT2D eigenvalue weighted by Crippen LogP contribution is 2.14. The van der Waals surface area contributed by atoms with Gasteiger partial charge in [0.25, 0.3) is 0 Å². The molecule has 0 radical (unpaired) electrons. The van der Waals surface area contributed by atoms with Gasteiger partial charge in [-0.2, -0.15) is 0 Å². The third-order valence-corrected chi connectivity index (χ3v) is 3.44. The minimum Gasteiger partial charge on any atom is -0.481 e. The Kier molecular flexibility index (Phi) is 9.71. The van der Waals surface area contributed by atoms with Crippen LogP contribution in [0.4, 0.5) is 11.4 Å². The molecular weight excluding hydrogens is 336 g/mol. The van der Waals surface area contributed by atoms with Gasteiger partial charge in [-0.25, -0.2) is 0 Å². The predicted octanol–water partition coefficient (Wildman–Crippen LogP) is 5.45. The van der Waals surface area contributed by atoms with Crippen LogP contribution in [0.2, 0.25) is 0 Å². The van der Waals surface area contributed by atoms with E-state index in [4.69, 9.17) is 5.11 Å². The first-order valence-corrected chi connectivity index (χ1v) is 8.05. The molecule has 0 bridgehead atoms. The maximum absolute atomic E-state index is 10.6. The van der Waals surface area contributed by atoms with E-state index in [9.17, 15) is 4.79 Å². The summed E-state index contributed by atoms with van der Waals surface area (Å²) in [6, 6.07) is 19.7. The van der Waals surface area contributed by atoms with Gasteiger partial charge in [0.05, 0.1) is 5.69 Å². The molecule has 0 saturated heterocycles. The first-order chi connectivity index (χ1) is 11.7. The summed E-state index contributed by atoms with van der Waals surface area (Å²) >= 11 is 0. The summed E-state index contributed by atoms with van der Waals surface area (Å²) in [5, 5.41) is 12.0. The second kappa shape index (κ2) is 11.9. The molecule has 0 aliphatic carbocycles. The van der Waals surface area contributed by atoms with Crippen molar-refractivity contribution in [1.29, 1.82) is 0 Å². The van der Waals surface area contributed by atoms with Crippen LogP contribution in [0.25, 0.3) is 0 Å². The molecule has 0 aromatic heterocycles.